The first-order valence-electron chi connectivity index (χ1n) is 6.61. The zero-order valence-corrected chi connectivity index (χ0v) is 11.0. The summed E-state index contributed by atoms with van der Waals surface area (Å²) in [4.78, 5) is 13.4. The van der Waals surface area contributed by atoms with Crippen molar-refractivity contribution in [2.24, 2.45) is 11.8 Å². The maximum atomic E-state index is 11.7. The van der Waals surface area contributed by atoms with Crippen LogP contribution in [0, 0.1) is 17.2 Å². The molecule has 2 aliphatic rings. The molecule has 2 unspecified atom stereocenters. The van der Waals surface area contributed by atoms with Crippen molar-refractivity contribution in [2.45, 2.75) is 51.5 Å². The topological polar surface area (TPSA) is 56.2 Å². The zero-order valence-electron chi connectivity index (χ0n) is 11.0. The van der Waals surface area contributed by atoms with Crippen LogP contribution < -0.4 is 5.32 Å². The van der Waals surface area contributed by atoms with Gasteiger partial charge in [0.25, 0.3) is 0 Å². The van der Waals surface area contributed by atoms with Crippen LogP contribution in [-0.4, -0.2) is 29.4 Å². The highest BCUT2D eigenvalue weighted by Gasteiger charge is 2.48. The van der Waals surface area contributed by atoms with Crippen LogP contribution in [0.5, 0.6) is 0 Å². The third-order valence-corrected chi connectivity index (χ3v) is 4.68. The van der Waals surface area contributed by atoms with Crippen molar-refractivity contribution in [3.8, 4) is 0 Å². The van der Waals surface area contributed by atoms with Crippen molar-refractivity contribution in [1.29, 1.82) is 5.41 Å². The van der Waals surface area contributed by atoms with E-state index in [1.807, 2.05) is 7.05 Å². The molecule has 17 heavy (non-hydrogen) atoms. The summed E-state index contributed by atoms with van der Waals surface area (Å²) in [6.07, 6.45) is 5.34. The number of nitrogens with one attached hydrogen (secondary N) is 2. The third kappa shape index (κ3) is 1.94. The van der Waals surface area contributed by atoms with E-state index in [9.17, 15) is 4.79 Å². The lowest BCUT2D eigenvalue weighted by Crippen LogP contribution is -2.47. The van der Waals surface area contributed by atoms with E-state index in [4.69, 9.17) is 5.41 Å². The lowest BCUT2D eigenvalue weighted by atomic mass is 9.86. The van der Waals surface area contributed by atoms with Crippen LogP contribution in [0.4, 0.5) is 4.79 Å². The van der Waals surface area contributed by atoms with Gasteiger partial charge in [0.2, 0.25) is 0 Å². The Kier molecular flexibility index (Phi) is 3.15. The molecule has 0 radical (unpaired) electrons. The normalized spacial score (nSPS) is 34.4. The van der Waals surface area contributed by atoms with Crippen molar-refractivity contribution in [3.63, 3.8) is 0 Å². The second-order valence-corrected chi connectivity index (χ2v) is 5.83. The van der Waals surface area contributed by atoms with E-state index in [0.717, 1.165) is 31.6 Å². The Morgan fingerprint density at radius 2 is 2.12 bits per heavy atom. The predicted octanol–water partition coefficient (Wildman–Crippen LogP) is 2.59. The third-order valence-electron chi connectivity index (χ3n) is 4.68. The van der Waals surface area contributed by atoms with Crippen LogP contribution >= 0.6 is 0 Å². The second kappa shape index (κ2) is 4.31. The highest BCUT2D eigenvalue weighted by atomic mass is 16.2. The van der Waals surface area contributed by atoms with E-state index in [1.165, 1.54) is 6.42 Å². The number of likely N-dealkylation sites (N-methyl/N-ethyl adjacent to an activating group) is 1. The number of hydrogen-bond acceptors (Lipinski definition) is 2. The summed E-state index contributed by atoms with van der Waals surface area (Å²) in [5, 5.41) is 10.7. The summed E-state index contributed by atoms with van der Waals surface area (Å²) in [6, 6.07) is -0.113. The molecule has 2 atom stereocenters. The van der Waals surface area contributed by atoms with Crippen molar-refractivity contribution < 1.29 is 4.79 Å². The van der Waals surface area contributed by atoms with Crippen LogP contribution in [0.2, 0.25) is 0 Å². The molecule has 2 N–H and O–H groups in total. The zero-order chi connectivity index (χ0) is 12.6. The first-order valence-corrected chi connectivity index (χ1v) is 6.61. The lowest BCUT2D eigenvalue weighted by Gasteiger charge is -2.33. The SMILES string of the molecule is CC(C)C1CCCC2(CC1)C(=N)NC(=O)N2C. The van der Waals surface area contributed by atoms with Crippen molar-refractivity contribution in [3.05, 3.63) is 0 Å². The summed E-state index contributed by atoms with van der Waals surface area (Å²) in [6.45, 7) is 4.55. The number of amides is 2. The number of carbonyl (C=O) groups excluding carboxylic acids is 1. The van der Waals surface area contributed by atoms with Gasteiger partial charge in [0.05, 0.1) is 0 Å². The largest absolute Gasteiger partial charge is 0.323 e. The minimum absolute atomic E-state index is 0.113. The van der Waals surface area contributed by atoms with Gasteiger partial charge in [0, 0.05) is 7.05 Å². The number of amidine groups is 1. The molecule has 1 spiro atoms. The predicted molar refractivity (Wildman–Crippen MR) is 68.2 cm³/mol. The van der Waals surface area contributed by atoms with Crippen LogP contribution in [0.3, 0.4) is 0 Å². The fourth-order valence-corrected chi connectivity index (χ4v) is 3.27. The second-order valence-electron chi connectivity index (χ2n) is 5.83. The molecule has 4 nitrogen and oxygen atoms in total. The molecule has 0 aromatic carbocycles. The Morgan fingerprint density at radius 1 is 1.41 bits per heavy atom. The summed E-state index contributed by atoms with van der Waals surface area (Å²) >= 11 is 0. The molecule has 0 aromatic rings. The van der Waals surface area contributed by atoms with Crippen LogP contribution in [0.1, 0.15) is 46.0 Å². The van der Waals surface area contributed by atoms with Crippen molar-refractivity contribution >= 4 is 11.9 Å². The van der Waals surface area contributed by atoms with E-state index in [1.54, 1.807) is 4.90 Å². The monoisotopic (exact) mass is 237 g/mol. The van der Waals surface area contributed by atoms with Crippen molar-refractivity contribution in [2.75, 3.05) is 7.05 Å². The fourth-order valence-electron chi connectivity index (χ4n) is 3.27. The summed E-state index contributed by atoms with van der Waals surface area (Å²) in [5.74, 6) is 1.86. The quantitative estimate of drug-likeness (QED) is 0.723. The maximum Gasteiger partial charge on any atom is 0.323 e. The molecule has 2 fully saturated rings. The van der Waals surface area contributed by atoms with E-state index in [2.05, 4.69) is 19.2 Å². The standard InChI is InChI=1S/C13H23N3O/c1-9(2)10-5-4-7-13(8-6-10)11(14)15-12(17)16(13)3/h9-10H,4-8H2,1-3H3,(H2,14,15,17). The molecular weight excluding hydrogens is 214 g/mol. The first-order chi connectivity index (χ1) is 7.97. The number of hydrogen-bond donors (Lipinski definition) is 2. The molecule has 0 bridgehead atoms. The van der Waals surface area contributed by atoms with Gasteiger partial charge in [0.1, 0.15) is 11.4 Å². The Balaban J connectivity index is 2.17. The molecule has 2 amide bonds. The molecule has 1 saturated carbocycles. The van der Waals surface area contributed by atoms with Gasteiger partial charge in [-0.05, 0) is 31.1 Å². The molecule has 96 valence electrons. The smallest absolute Gasteiger partial charge is 0.315 e. The van der Waals surface area contributed by atoms with Crippen molar-refractivity contribution in [1.82, 2.24) is 10.2 Å². The number of carbonyl (C=O) groups is 1. The summed E-state index contributed by atoms with van der Waals surface area (Å²) < 4.78 is 0. The molecular formula is C13H23N3O. The molecule has 1 saturated heterocycles. The molecule has 1 aliphatic heterocycles. The highest BCUT2D eigenvalue weighted by molar-refractivity contribution is 6.08. The van der Waals surface area contributed by atoms with Crippen LogP contribution in [0.25, 0.3) is 0 Å². The van der Waals surface area contributed by atoms with E-state index >= 15 is 0 Å². The van der Waals surface area contributed by atoms with Gasteiger partial charge in [0.15, 0.2) is 0 Å². The molecule has 1 aliphatic carbocycles. The highest BCUT2D eigenvalue weighted by Crippen LogP contribution is 2.39. The van der Waals surface area contributed by atoms with Gasteiger partial charge in [-0.3, -0.25) is 10.7 Å². The Bertz CT molecular complexity index is 340. The Morgan fingerprint density at radius 3 is 2.65 bits per heavy atom. The van der Waals surface area contributed by atoms with Gasteiger partial charge in [-0.1, -0.05) is 26.7 Å². The molecule has 2 rings (SSSR count). The average molecular weight is 237 g/mol. The lowest BCUT2D eigenvalue weighted by molar-refractivity contribution is 0.181. The van der Waals surface area contributed by atoms with Gasteiger partial charge in [-0.2, -0.15) is 0 Å². The Labute approximate surface area is 103 Å². The van der Waals surface area contributed by atoms with E-state index in [-0.39, 0.29) is 11.6 Å². The molecule has 0 aromatic heterocycles. The summed E-state index contributed by atoms with van der Waals surface area (Å²) in [7, 11) is 1.83. The number of rotatable bonds is 1. The van der Waals surface area contributed by atoms with E-state index in [0.29, 0.717) is 11.8 Å². The van der Waals surface area contributed by atoms with E-state index < -0.39 is 0 Å². The van der Waals surface area contributed by atoms with Gasteiger partial charge >= 0.3 is 6.03 Å². The van der Waals surface area contributed by atoms with Crippen LogP contribution in [-0.2, 0) is 0 Å². The number of urea groups is 1. The van der Waals surface area contributed by atoms with Gasteiger partial charge < -0.3 is 4.90 Å². The number of nitrogens with zero attached hydrogens (tertiary/aromatic N) is 1. The minimum Gasteiger partial charge on any atom is -0.315 e. The first kappa shape index (κ1) is 12.4. The minimum atomic E-state index is -0.333. The summed E-state index contributed by atoms with van der Waals surface area (Å²) in [5.41, 5.74) is -0.333. The average Bonchev–Trinajstić information content (AvgIpc) is 2.49. The Hall–Kier alpha value is -1.06. The van der Waals surface area contributed by atoms with Gasteiger partial charge in [-0.25, -0.2) is 4.79 Å². The van der Waals surface area contributed by atoms with Crippen LogP contribution in [0.15, 0.2) is 0 Å². The molecule has 1 heterocycles. The fraction of sp³-hybridized carbons (Fsp3) is 0.846. The maximum absolute atomic E-state index is 11.7. The van der Waals surface area contributed by atoms with Gasteiger partial charge in [-0.15, -0.1) is 0 Å². The molecule has 4 heteroatoms.